The molecule has 6 nitrogen and oxygen atoms in total. The van der Waals surface area contributed by atoms with Crippen molar-refractivity contribution >= 4 is 22.7 Å². The number of nitrogens with zero attached hydrogens (tertiary/aromatic N) is 1. The second kappa shape index (κ2) is 9.35. The van der Waals surface area contributed by atoms with Gasteiger partial charge in [-0.05, 0) is 37.8 Å². The maximum Gasteiger partial charge on any atom is 0.404 e. The highest BCUT2D eigenvalue weighted by atomic mass is 19.1. The van der Waals surface area contributed by atoms with E-state index in [1.807, 2.05) is 6.07 Å². The van der Waals surface area contributed by atoms with Gasteiger partial charge in [0.2, 0.25) is 0 Å². The maximum atomic E-state index is 15.2. The minimum atomic E-state index is -0.931. The number of ether oxygens (including phenoxy) is 1. The molecule has 0 radical (unpaired) electrons. The molecule has 2 aliphatic carbocycles. The second-order valence-electron chi connectivity index (χ2n) is 10.7. The molecule has 1 heterocycles. The Labute approximate surface area is 194 Å². The molecule has 2 saturated carbocycles. The molecule has 0 saturated heterocycles. The quantitative estimate of drug-likeness (QED) is 0.586. The summed E-state index contributed by atoms with van der Waals surface area (Å²) in [6.07, 6.45) is 8.89. The van der Waals surface area contributed by atoms with Gasteiger partial charge in [0.05, 0.1) is 16.8 Å². The van der Waals surface area contributed by atoms with Crippen molar-refractivity contribution in [1.82, 2.24) is 4.57 Å². The normalized spacial score (nSPS) is 18.1. The average molecular weight is 458 g/mol. The predicted molar refractivity (Wildman–Crippen MR) is 129 cm³/mol. The Bertz CT molecular complexity index is 1090. The van der Waals surface area contributed by atoms with Crippen LogP contribution < -0.4 is 16.5 Å². The van der Waals surface area contributed by atoms with E-state index >= 15 is 4.39 Å². The van der Waals surface area contributed by atoms with Gasteiger partial charge in [0.1, 0.15) is 12.4 Å². The fourth-order valence-corrected chi connectivity index (χ4v) is 5.69. The molecule has 1 amide bonds. The van der Waals surface area contributed by atoms with Crippen LogP contribution in [0, 0.1) is 5.82 Å². The van der Waals surface area contributed by atoms with Gasteiger partial charge >= 0.3 is 6.09 Å². The summed E-state index contributed by atoms with van der Waals surface area (Å²) < 4.78 is 22.5. The van der Waals surface area contributed by atoms with Crippen LogP contribution in [0.15, 0.2) is 16.9 Å². The van der Waals surface area contributed by atoms with Gasteiger partial charge in [-0.2, -0.15) is 0 Å². The minimum Gasteiger partial charge on any atom is -0.445 e. The highest BCUT2D eigenvalue weighted by molar-refractivity contribution is 5.84. The maximum absolute atomic E-state index is 15.2. The number of fused-ring (bicyclic) bond motifs is 1. The summed E-state index contributed by atoms with van der Waals surface area (Å²) >= 11 is 0. The smallest absolute Gasteiger partial charge is 0.404 e. The Hall–Kier alpha value is -2.57. The van der Waals surface area contributed by atoms with Gasteiger partial charge in [0, 0.05) is 28.6 Å². The first kappa shape index (κ1) is 23.6. The van der Waals surface area contributed by atoms with Crippen LogP contribution in [-0.2, 0) is 16.8 Å². The van der Waals surface area contributed by atoms with Crippen LogP contribution in [0.4, 0.5) is 14.9 Å². The molecule has 0 atom stereocenters. The van der Waals surface area contributed by atoms with E-state index < -0.39 is 17.3 Å². The van der Waals surface area contributed by atoms with E-state index in [0.717, 1.165) is 62.6 Å². The number of aromatic nitrogens is 1. The van der Waals surface area contributed by atoms with E-state index in [-0.39, 0.29) is 24.1 Å². The third kappa shape index (κ3) is 4.87. The molecule has 0 spiro atoms. The van der Waals surface area contributed by atoms with Crippen molar-refractivity contribution < 1.29 is 13.9 Å². The molecule has 2 fully saturated rings. The summed E-state index contributed by atoms with van der Waals surface area (Å²) in [5, 5.41) is 3.74. The molecule has 3 N–H and O–H groups in total. The second-order valence-corrected chi connectivity index (χ2v) is 10.7. The van der Waals surface area contributed by atoms with E-state index in [0.29, 0.717) is 16.6 Å². The molecule has 4 rings (SSSR count). The summed E-state index contributed by atoms with van der Waals surface area (Å²) in [6, 6.07) is 3.65. The van der Waals surface area contributed by atoms with Crippen LogP contribution in [0.2, 0.25) is 0 Å². The van der Waals surface area contributed by atoms with Crippen LogP contribution in [0.1, 0.15) is 95.9 Å². The average Bonchev–Trinajstić information content (AvgIpc) is 3.28. The predicted octanol–water partition coefficient (Wildman–Crippen LogP) is 5.89. The fourth-order valence-electron chi connectivity index (χ4n) is 5.69. The van der Waals surface area contributed by atoms with E-state index in [2.05, 4.69) is 30.7 Å². The molecule has 1 aromatic carbocycles. The van der Waals surface area contributed by atoms with Gasteiger partial charge in [0.25, 0.3) is 0 Å². The molecular formula is C26H36FN3O3. The first-order chi connectivity index (χ1) is 15.7. The topological polar surface area (TPSA) is 86.3 Å². The van der Waals surface area contributed by atoms with E-state index in [1.165, 1.54) is 12.5 Å². The zero-order valence-electron chi connectivity index (χ0n) is 20.0. The Morgan fingerprint density at radius 2 is 1.76 bits per heavy atom. The van der Waals surface area contributed by atoms with Gasteiger partial charge in [-0.15, -0.1) is 0 Å². The lowest BCUT2D eigenvalue weighted by Gasteiger charge is -2.33. The van der Waals surface area contributed by atoms with Crippen molar-refractivity contribution in [3.05, 3.63) is 39.4 Å². The molecule has 2 aliphatic rings. The number of amides is 1. The lowest BCUT2D eigenvalue weighted by atomic mass is 9.86. The molecule has 180 valence electrons. The van der Waals surface area contributed by atoms with Crippen molar-refractivity contribution in [3.63, 3.8) is 0 Å². The lowest BCUT2D eigenvalue weighted by molar-refractivity contribution is 0.148. The van der Waals surface area contributed by atoms with Crippen molar-refractivity contribution in [3.8, 4) is 0 Å². The molecule has 2 aromatic rings. The zero-order valence-corrected chi connectivity index (χ0v) is 20.0. The first-order valence-corrected chi connectivity index (χ1v) is 12.3. The van der Waals surface area contributed by atoms with E-state index in [4.69, 9.17) is 10.5 Å². The Kier molecular flexibility index (Phi) is 6.68. The molecule has 7 heteroatoms. The number of nitrogens with one attached hydrogen (secondary N) is 1. The fraction of sp³-hybridized carbons (Fsp3) is 0.615. The zero-order chi connectivity index (χ0) is 23.8. The number of halogens is 1. The number of primary amides is 1. The molecule has 1 aromatic heterocycles. The molecule has 0 bridgehead atoms. The van der Waals surface area contributed by atoms with Gasteiger partial charge in [0.15, 0.2) is 5.43 Å². The molecular weight excluding hydrogens is 421 g/mol. The Balaban J connectivity index is 1.95. The van der Waals surface area contributed by atoms with Crippen molar-refractivity contribution in [1.29, 1.82) is 0 Å². The SMILES string of the molecule is CC(C)(C)c1c(COC(N)=O)c(=O)c2cc(F)c(NC3CCCCC3)cc2n1C1CCCC1. The number of benzene rings is 1. The van der Waals surface area contributed by atoms with Gasteiger partial charge in [-0.3, -0.25) is 4.79 Å². The minimum absolute atomic E-state index is 0.211. The number of hydrogen-bond donors (Lipinski definition) is 2. The number of pyridine rings is 1. The third-order valence-corrected chi connectivity index (χ3v) is 7.11. The standard InChI is InChI=1S/C26H36FN3O3/c1-26(2,3)24-19(15-33-25(28)32)23(31)18-13-20(27)21(29-16-9-5-4-6-10-16)14-22(18)30(24)17-11-7-8-12-17/h13-14,16-17,29H,4-12,15H2,1-3H3,(H2,28,32). The summed E-state index contributed by atoms with van der Waals surface area (Å²) in [5.74, 6) is -0.423. The summed E-state index contributed by atoms with van der Waals surface area (Å²) in [7, 11) is 0. The van der Waals surface area contributed by atoms with Crippen LogP contribution >= 0.6 is 0 Å². The highest BCUT2D eigenvalue weighted by Crippen LogP contribution is 2.39. The highest BCUT2D eigenvalue weighted by Gasteiger charge is 2.31. The first-order valence-electron chi connectivity index (χ1n) is 12.3. The molecule has 0 unspecified atom stereocenters. The number of rotatable bonds is 5. The molecule has 33 heavy (non-hydrogen) atoms. The largest absolute Gasteiger partial charge is 0.445 e. The number of anilines is 1. The number of nitrogens with two attached hydrogens (primary N) is 1. The summed E-state index contributed by atoms with van der Waals surface area (Å²) in [4.78, 5) is 25.0. The molecule has 0 aliphatic heterocycles. The van der Waals surface area contributed by atoms with Gasteiger partial charge < -0.3 is 20.4 Å². The van der Waals surface area contributed by atoms with Crippen molar-refractivity contribution in [2.75, 3.05) is 5.32 Å². The van der Waals surface area contributed by atoms with Crippen LogP contribution in [0.25, 0.3) is 10.9 Å². The van der Waals surface area contributed by atoms with Crippen molar-refractivity contribution in [2.45, 2.75) is 103 Å². The van der Waals surface area contributed by atoms with Crippen LogP contribution in [0.3, 0.4) is 0 Å². The Morgan fingerprint density at radius 3 is 2.36 bits per heavy atom. The van der Waals surface area contributed by atoms with Crippen molar-refractivity contribution in [2.24, 2.45) is 5.73 Å². The lowest BCUT2D eigenvalue weighted by Crippen LogP contribution is -2.31. The van der Waals surface area contributed by atoms with Gasteiger partial charge in [-0.1, -0.05) is 52.9 Å². The third-order valence-electron chi connectivity index (χ3n) is 7.11. The van der Waals surface area contributed by atoms with E-state index in [9.17, 15) is 9.59 Å². The summed E-state index contributed by atoms with van der Waals surface area (Å²) in [5.41, 5.74) is 6.96. The van der Waals surface area contributed by atoms with Crippen LogP contribution in [-0.4, -0.2) is 16.7 Å². The van der Waals surface area contributed by atoms with E-state index in [1.54, 1.807) is 0 Å². The number of carbonyl (C=O) groups is 1. The Morgan fingerprint density at radius 1 is 1.12 bits per heavy atom. The number of carbonyl (C=O) groups excluding carboxylic acids is 1. The summed E-state index contributed by atoms with van der Waals surface area (Å²) in [6.45, 7) is 5.94. The monoisotopic (exact) mass is 457 g/mol. The van der Waals surface area contributed by atoms with Gasteiger partial charge in [-0.25, -0.2) is 9.18 Å². The van der Waals surface area contributed by atoms with Crippen LogP contribution in [0.5, 0.6) is 0 Å². The number of hydrogen-bond acceptors (Lipinski definition) is 4.